The van der Waals surface area contributed by atoms with Gasteiger partial charge >= 0.3 is 5.97 Å². The molecule has 1 N–H and O–H groups in total. The first-order valence-corrected chi connectivity index (χ1v) is 6.58. The minimum atomic E-state index is -0.738. The van der Waals surface area contributed by atoms with E-state index in [1.165, 1.54) is 0 Å². The molecule has 1 fully saturated rings. The third-order valence-corrected chi connectivity index (χ3v) is 3.26. The quantitative estimate of drug-likeness (QED) is 0.572. The monoisotopic (exact) mass is 244 g/mol. The Morgan fingerprint density at radius 3 is 2.53 bits per heavy atom. The molecule has 0 heterocycles. The van der Waals surface area contributed by atoms with Crippen molar-refractivity contribution >= 4 is 5.97 Å². The Balaban J connectivity index is 2.31. The summed E-state index contributed by atoms with van der Waals surface area (Å²) in [5.41, 5.74) is -0.738. The molecule has 1 rings (SSSR count). The molecule has 0 atom stereocenters. The molecule has 0 aromatic carbocycles. The predicted molar refractivity (Wildman–Crippen MR) is 64.7 cm³/mol. The van der Waals surface area contributed by atoms with Crippen molar-refractivity contribution in [3.05, 3.63) is 0 Å². The van der Waals surface area contributed by atoms with Gasteiger partial charge in [0.15, 0.2) is 0 Å². The first-order valence-electron chi connectivity index (χ1n) is 6.58. The van der Waals surface area contributed by atoms with Gasteiger partial charge in [-0.3, -0.25) is 4.79 Å². The summed E-state index contributed by atoms with van der Waals surface area (Å²) in [7, 11) is 0. The summed E-state index contributed by atoms with van der Waals surface area (Å²) in [6, 6.07) is 0. The molecular formula is C13H24O4. The lowest BCUT2D eigenvalue weighted by molar-refractivity contribution is -0.152. The molecule has 0 saturated heterocycles. The van der Waals surface area contributed by atoms with Crippen molar-refractivity contribution in [2.24, 2.45) is 5.92 Å². The van der Waals surface area contributed by atoms with Crippen LogP contribution in [0.3, 0.4) is 0 Å². The maximum absolute atomic E-state index is 11.5. The van der Waals surface area contributed by atoms with Crippen LogP contribution >= 0.6 is 0 Å². The maximum atomic E-state index is 11.5. The van der Waals surface area contributed by atoms with E-state index in [-0.39, 0.29) is 11.9 Å². The van der Waals surface area contributed by atoms with E-state index in [9.17, 15) is 9.90 Å². The number of hydrogen-bond donors (Lipinski definition) is 1. The lowest BCUT2D eigenvalue weighted by atomic mass is 9.79. The van der Waals surface area contributed by atoms with E-state index in [0.717, 1.165) is 6.42 Å². The largest absolute Gasteiger partial charge is 0.466 e. The van der Waals surface area contributed by atoms with Gasteiger partial charge in [-0.1, -0.05) is 6.92 Å². The number of hydrogen-bond acceptors (Lipinski definition) is 4. The zero-order valence-corrected chi connectivity index (χ0v) is 10.9. The van der Waals surface area contributed by atoms with Crippen LogP contribution in [0.4, 0.5) is 0 Å². The zero-order valence-electron chi connectivity index (χ0n) is 10.9. The first-order chi connectivity index (χ1) is 8.11. The molecule has 1 aliphatic carbocycles. The first kappa shape index (κ1) is 14.5. The molecule has 0 bridgehead atoms. The molecule has 100 valence electrons. The van der Waals surface area contributed by atoms with E-state index in [2.05, 4.69) is 0 Å². The van der Waals surface area contributed by atoms with E-state index >= 15 is 0 Å². The fourth-order valence-corrected chi connectivity index (χ4v) is 2.20. The van der Waals surface area contributed by atoms with Gasteiger partial charge in [-0.25, -0.2) is 0 Å². The van der Waals surface area contributed by atoms with Gasteiger partial charge in [0, 0.05) is 6.61 Å². The van der Waals surface area contributed by atoms with Crippen LogP contribution in [-0.2, 0) is 14.3 Å². The van der Waals surface area contributed by atoms with Crippen LogP contribution in [0.25, 0.3) is 0 Å². The normalized spacial score (nSPS) is 29.0. The summed E-state index contributed by atoms with van der Waals surface area (Å²) in [5.74, 6) is -0.162. The molecule has 0 radical (unpaired) electrons. The Bertz CT molecular complexity index is 232. The Morgan fingerprint density at radius 2 is 2.00 bits per heavy atom. The fourth-order valence-electron chi connectivity index (χ4n) is 2.20. The number of esters is 1. The lowest BCUT2D eigenvalue weighted by Gasteiger charge is -2.34. The molecule has 0 aromatic rings. The molecule has 4 heteroatoms. The highest BCUT2D eigenvalue weighted by molar-refractivity contribution is 5.72. The number of aliphatic hydroxyl groups is 1. The SMILES string of the molecule is CCCOCC1(O)CCC(C(=O)OCC)CC1. The predicted octanol–water partition coefficient (Wildman–Crippen LogP) is 1.90. The molecule has 1 aliphatic rings. The molecule has 1 saturated carbocycles. The van der Waals surface area contributed by atoms with E-state index in [4.69, 9.17) is 9.47 Å². The van der Waals surface area contributed by atoms with Crippen LogP contribution in [0.5, 0.6) is 0 Å². The second kappa shape index (κ2) is 6.97. The fraction of sp³-hybridized carbons (Fsp3) is 0.923. The molecule has 0 amide bonds. The van der Waals surface area contributed by atoms with Crippen molar-refractivity contribution in [1.82, 2.24) is 0 Å². The standard InChI is InChI=1S/C13H24O4/c1-3-9-16-10-13(15)7-5-11(6-8-13)12(14)17-4-2/h11,15H,3-10H2,1-2H3. The zero-order chi connectivity index (χ0) is 12.7. The van der Waals surface area contributed by atoms with E-state index in [1.54, 1.807) is 0 Å². The van der Waals surface area contributed by atoms with E-state index in [0.29, 0.717) is 45.5 Å². The van der Waals surface area contributed by atoms with Crippen molar-refractivity contribution in [3.63, 3.8) is 0 Å². The maximum Gasteiger partial charge on any atom is 0.308 e. The third-order valence-electron chi connectivity index (χ3n) is 3.26. The Morgan fingerprint density at radius 1 is 1.35 bits per heavy atom. The molecule has 0 aromatic heterocycles. The van der Waals surface area contributed by atoms with Crippen LogP contribution in [0.15, 0.2) is 0 Å². The van der Waals surface area contributed by atoms with Crippen LogP contribution in [0.1, 0.15) is 46.0 Å². The number of carbonyl (C=O) groups is 1. The van der Waals surface area contributed by atoms with Gasteiger partial charge in [0.05, 0.1) is 24.7 Å². The molecule has 0 aliphatic heterocycles. The van der Waals surface area contributed by atoms with Crippen molar-refractivity contribution in [2.75, 3.05) is 19.8 Å². The van der Waals surface area contributed by atoms with Gasteiger partial charge in [0.25, 0.3) is 0 Å². The highest BCUT2D eigenvalue weighted by atomic mass is 16.5. The topological polar surface area (TPSA) is 55.8 Å². The second-order valence-corrected chi connectivity index (χ2v) is 4.80. The molecule has 17 heavy (non-hydrogen) atoms. The van der Waals surface area contributed by atoms with Crippen LogP contribution < -0.4 is 0 Å². The van der Waals surface area contributed by atoms with Crippen molar-refractivity contribution < 1.29 is 19.4 Å². The van der Waals surface area contributed by atoms with Crippen molar-refractivity contribution in [2.45, 2.75) is 51.6 Å². The number of carbonyl (C=O) groups excluding carboxylic acids is 1. The summed E-state index contributed by atoms with van der Waals surface area (Å²) in [6.07, 6.45) is 3.61. The summed E-state index contributed by atoms with van der Waals surface area (Å²) in [4.78, 5) is 11.5. The van der Waals surface area contributed by atoms with Gasteiger partial charge in [-0.2, -0.15) is 0 Å². The molecule has 0 unspecified atom stereocenters. The van der Waals surface area contributed by atoms with Gasteiger partial charge < -0.3 is 14.6 Å². The number of ether oxygens (including phenoxy) is 2. The second-order valence-electron chi connectivity index (χ2n) is 4.80. The van der Waals surface area contributed by atoms with Crippen LogP contribution in [-0.4, -0.2) is 36.5 Å². The van der Waals surface area contributed by atoms with E-state index < -0.39 is 5.60 Å². The van der Waals surface area contributed by atoms with Gasteiger partial charge in [0.2, 0.25) is 0 Å². The van der Waals surface area contributed by atoms with Crippen LogP contribution in [0, 0.1) is 5.92 Å². The molecular weight excluding hydrogens is 220 g/mol. The molecule has 0 spiro atoms. The van der Waals surface area contributed by atoms with E-state index in [1.807, 2.05) is 13.8 Å². The summed E-state index contributed by atoms with van der Waals surface area (Å²) in [5, 5.41) is 10.3. The van der Waals surface area contributed by atoms with Gasteiger partial charge in [-0.15, -0.1) is 0 Å². The highest BCUT2D eigenvalue weighted by Gasteiger charge is 2.36. The van der Waals surface area contributed by atoms with Crippen molar-refractivity contribution in [3.8, 4) is 0 Å². The third kappa shape index (κ3) is 4.64. The Labute approximate surface area is 103 Å². The lowest BCUT2D eigenvalue weighted by Crippen LogP contribution is -2.40. The average molecular weight is 244 g/mol. The summed E-state index contributed by atoms with van der Waals surface area (Å²) < 4.78 is 10.4. The Kier molecular flexibility index (Phi) is 5.92. The smallest absolute Gasteiger partial charge is 0.308 e. The highest BCUT2D eigenvalue weighted by Crippen LogP contribution is 2.33. The van der Waals surface area contributed by atoms with Gasteiger partial charge in [-0.05, 0) is 39.0 Å². The minimum absolute atomic E-state index is 0.0404. The average Bonchev–Trinajstić information content (AvgIpc) is 2.30. The summed E-state index contributed by atoms with van der Waals surface area (Å²) >= 11 is 0. The molecule has 4 nitrogen and oxygen atoms in total. The number of rotatable bonds is 6. The minimum Gasteiger partial charge on any atom is -0.466 e. The Hall–Kier alpha value is -0.610. The van der Waals surface area contributed by atoms with Crippen molar-refractivity contribution in [1.29, 1.82) is 0 Å². The summed E-state index contributed by atoms with van der Waals surface area (Å²) in [6.45, 7) is 5.36. The van der Waals surface area contributed by atoms with Gasteiger partial charge in [0.1, 0.15) is 0 Å². The van der Waals surface area contributed by atoms with Crippen LogP contribution in [0.2, 0.25) is 0 Å².